The standard InChI is InChI=1S/C9H21N3/c1-12(2)5-3-4-10-6-9-7-11-8-9/h9-11H,3-8H2,1-2H3. The molecule has 1 aliphatic heterocycles. The van der Waals surface area contributed by atoms with E-state index in [1.165, 1.54) is 32.6 Å². The fourth-order valence-electron chi connectivity index (χ4n) is 1.32. The van der Waals surface area contributed by atoms with Crippen LogP contribution in [0, 0.1) is 5.92 Å². The summed E-state index contributed by atoms with van der Waals surface area (Å²) >= 11 is 0. The Morgan fingerprint density at radius 1 is 1.42 bits per heavy atom. The number of nitrogens with one attached hydrogen (secondary N) is 2. The summed E-state index contributed by atoms with van der Waals surface area (Å²) in [6.45, 7) is 5.96. The Morgan fingerprint density at radius 3 is 2.67 bits per heavy atom. The third kappa shape index (κ3) is 4.04. The van der Waals surface area contributed by atoms with E-state index < -0.39 is 0 Å². The highest BCUT2D eigenvalue weighted by molar-refractivity contribution is 4.76. The van der Waals surface area contributed by atoms with Crippen molar-refractivity contribution < 1.29 is 0 Å². The molecule has 12 heavy (non-hydrogen) atoms. The van der Waals surface area contributed by atoms with Crippen LogP contribution >= 0.6 is 0 Å². The summed E-state index contributed by atoms with van der Waals surface area (Å²) in [5.74, 6) is 0.893. The highest BCUT2D eigenvalue weighted by atomic mass is 15.1. The van der Waals surface area contributed by atoms with E-state index in [2.05, 4.69) is 29.6 Å². The van der Waals surface area contributed by atoms with E-state index in [1.54, 1.807) is 0 Å². The van der Waals surface area contributed by atoms with Gasteiger partial charge < -0.3 is 15.5 Å². The minimum absolute atomic E-state index is 0.893. The lowest BCUT2D eigenvalue weighted by Crippen LogP contribution is -2.47. The molecule has 1 fully saturated rings. The van der Waals surface area contributed by atoms with Gasteiger partial charge in [-0.05, 0) is 39.5 Å². The van der Waals surface area contributed by atoms with Gasteiger partial charge in [0.1, 0.15) is 0 Å². The molecule has 0 aliphatic carbocycles. The zero-order valence-corrected chi connectivity index (χ0v) is 8.27. The highest BCUT2D eigenvalue weighted by Crippen LogP contribution is 1.99. The Hall–Kier alpha value is -0.120. The van der Waals surface area contributed by atoms with Gasteiger partial charge in [-0.1, -0.05) is 0 Å². The Kier molecular flexibility index (Phi) is 4.58. The van der Waals surface area contributed by atoms with Crippen LogP contribution in [0.3, 0.4) is 0 Å². The first-order valence-corrected chi connectivity index (χ1v) is 4.85. The molecule has 1 heterocycles. The monoisotopic (exact) mass is 171 g/mol. The molecule has 3 nitrogen and oxygen atoms in total. The molecule has 1 aliphatic rings. The zero-order chi connectivity index (χ0) is 8.81. The molecule has 1 saturated heterocycles. The lowest BCUT2D eigenvalue weighted by atomic mass is 10.0. The predicted octanol–water partition coefficient (Wildman–Crippen LogP) is -0.253. The summed E-state index contributed by atoms with van der Waals surface area (Å²) in [5, 5.41) is 6.75. The van der Waals surface area contributed by atoms with Crippen molar-refractivity contribution in [1.82, 2.24) is 15.5 Å². The fourth-order valence-corrected chi connectivity index (χ4v) is 1.32. The third-order valence-electron chi connectivity index (χ3n) is 2.26. The molecule has 0 aromatic rings. The van der Waals surface area contributed by atoms with Crippen molar-refractivity contribution in [2.45, 2.75) is 6.42 Å². The summed E-state index contributed by atoms with van der Waals surface area (Å²) in [6, 6.07) is 0. The smallest absolute Gasteiger partial charge is 0.000394 e. The summed E-state index contributed by atoms with van der Waals surface area (Å²) < 4.78 is 0. The second kappa shape index (κ2) is 5.51. The summed E-state index contributed by atoms with van der Waals surface area (Å²) in [6.07, 6.45) is 1.26. The third-order valence-corrected chi connectivity index (χ3v) is 2.26. The maximum absolute atomic E-state index is 3.48. The van der Waals surface area contributed by atoms with Crippen molar-refractivity contribution in [1.29, 1.82) is 0 Å². The average Bonchev–Trinajstić information content (AvgIpc) is 1.92. The Morgan fingerprint density at radius 2 is 2.17 bits per heavy atom. The molecule has 0 spiro atoms. The molecule has 0 aromatic carbocycles. The quantitative estimate of drug-likeness (QED) is 0.540. The van der Waals surface area contributed by atoms with Crippen molar-refractivity contribution in [2.24, 2.45) is 5.92 Å². The lowest BCUT2D eigenvalue weighted by Gasteiger charge is -2.27. The van der Waals surface area contributed by atoms with Crippen LogP contribution in [0.5, 0.6) is 0 Å². The Balaban J connectivity index is 1.76. The van der Waals surface area contributed by atoms with Crippen LogP contribution in [-0.4, -0.2) is 51.7 Å². The molecule has 2 N–H and O–H groups in total. The van der Waals surface area contributed by atoms with E-state index in [4.69, 9.17) is 0 Å². The topological polar surface area (TPSA) is 27.3 Å². The number of hydrogen-bond donors (Lipinski definition) is 2. The SMILES string of the molecule is CN(C)CCCNCC1CNC1. The number of hydrogen-bond acceptors (Lipinski definition) is 3. The van der Waals surface area contributed by atoms with Crippen molar-refractivity contribution in [3.8, 4) is 0 Å². The first-order valence-electron chi connectivity index (χ1n) is 4.85. The predicted molar refractivity (Wildman–Crippen MR) is 52.4 cm³/mol. The summed E-state index contributed by atoms with van der Waals surface area (Å²) in [5.41, 5.74) is 0. The van der Waals surface area contributed by atoms with Gasteiger partial charge in [0, 0.05) is 19.6 Å². The number of rotatable bonds is 6. The van der Waals surface area contributed by atoms with Gasteiger partial charge in [0.05, 0.1) is 0 Å². The molecule has 72 valence electrons. The van der Waals surface area contributed by atoms with Crippen molar-refractivity contribution in [2.75, 3.05) is 46.8 Å². The minimum Gasteiger partial charge on any atom is -0.316 e. The Labute approximate surface area is 75.5 Å². The van der Waals surface area contributed by atoms with Crippen LogP contribution in [-0.2, 0) is 0 Å². The molecule has 0 unspecified atom stereocenters. The van der Waals surface area contributed by atoms with Gasteiger partial charge in [0.2, 0.25) is 0 Å². The van der Waals surface area contributed by atoms with Gasteiger partial charge >= 0.3 is 0 Å². The highest BCUT2D eigenvalue weighted by Gasteiger charge is 2.14. The minimum atomic E-state index is 0.893. The molecular formula is C9H21N3. The molecular weight excluding hydrogens is 150 g/mol. The van der Waals surface area contributed by atoms with Crippen molar-refractivity contribution >= 4 is 0 Å². The average molecular weight is 171 g/mol. The van der Waals surface area contributed by atoms with E-state index >= 15 is 0 Å². The number of nitrogens with zero attached hydrogens (tertiary/aromatic N) is 1. The summed E-state index contributed by atoms with van der Waals surface area (Å²) in [7, 11) is 4.24. The molecule has 0 atom stereocenters. The van der Waals surface area contributed by atoms with E-state index in [1.807, 2.05) is 0 Å². The van der Waals surface area contributed by atoms with E-state index in [9.17, 15) is 0 Å². The van der Waals surface area contributed by atoms with Crippen LogP contribution in [0.4, 0.5) is 0 Å². The van der Waals surface area contributed by atoms with Crippen LogP contribution in [0.2, 0.25) is 0 Å². The Bertz CT molecular complexity index is 110. The van der Waals surface area contributed by atoms with Gasteiger partial charge in [-0.2, -0.15) is 0 Å². The molecule has 0 bridgehead atoms. The van der Waals surface area contributed by atoms with Gasteiger partial charge in [0.15, 0.2) is 0 Å². The van der Waals surface area contributed by atoms with Crippen LogP contribution < -0.4 is 10.6 Å². The van der Waals surface area contributed by atoms with Crippen LogP contribution in [0.25, 0.3) is 0 Å². The maximum atomic E-state index is 3.48. The van der Waals surface area contributed by atoms with Crippen LogP contribution in [0.1, 0.15) is 6.42 Å². The second-order valence-corrected chi connectivity index (χ2v) is 3.89. The first kappa shape index (κ1) is 9.96. The van der Waals surface area contributed by atoms with Crippen molar-refractivity contribution in [3.05, 3.63) is 0 Å². The van der Waals surface area contributed by atoms with E-state index in [-0.39, 0.29) is 0 Å². The van der Waals surface area contributed by atoms with Gasteiger partial charge in [-0.3, -0.25) is 0 Å². The second-order valence-electron chi connectivity index (χ2n) is 3.89. The zero-order valence-electron chi connectivity index (χ0n) is 8.27. The molecule has 1 rings (SSSR count). The largest absolute Gasteiger partial charge is 0.316 e. The molecule has 0 radical (unpaired) electrons. The molecule has 0 amide bonds. The fraction of sp³-hybridized carbons (Fsp3) is 1.00. The van der Waals surface area contributed by atoms with Gasteiger partial charge in [0.25, 0.3) is 0 Å². The first-order chi connectivity index (χ1) is 5.79. The summed E-state index contributed by atoms with van der Waals surface area (Å²) in [4.78, 5) is 2.23. The normalized spacial score (nSPS) is 18.2. The molecule has 0 saturated carbocycles. The van der Waals surface area contributed by atoms with E-state index in [0.717, 1.165) is 12.5 Å². The van der Waals surface area contributed by atoms with Crippen LogP contribution in [0.15, 0.2) is 0 Å². The molecule has 0 aromatic heterocycles. The van der Waals surface area contributed by atoms with Crippen molar-refractivity contribution in [3.63, 3.8) is 0 Å². The maximum Gasteiger partial charge on any atom is 0.000394 e. The van der Waals surface area contributed by atoms with E-state index in [0.29, 0.717) is 0 Å². The van der Waals surface area contributed by atoms with Gasteiger partial charge in [-0.15, -0.1) is 0 Å². The molecule has 3 heteroatoms. The van der Waals surface area contributed by atoms with Gasteiger partial charge in [-0.25, -0.2) is 0 Å². The lowest BCUT2D eigenvalue weighted by molar-refractivity contribution is 0.325.